The minimum Gasteiger partial charge on any atom is -0.334 e. The standard InChI is InChI=1S/C22H15Cl3F3N5O2/c1-21(2,10-29)31-19(34)12-7-11(23)8-14(25)18(12)30-20(35)16-9-17(22(26,27)28)32-33(16)15-6-4-3-5-13(15)24/h3-9H,1-2H3,(H,30,35)(H,31,34). The van der Waals surface area contributed by atoms with Crippen LogP contribution in [0.1, 0.15) is 40.4 Å². The minimum absolute atomic E-state index is 0.0192. The number of aromatic nitrogens is 2. The first-order valence-corrected chi connectivity index (χ1v) is 10.8. The van der Waals surface area contributed by atoms with Gasteiger partial charge in [0, 0.05) is 11.1 Å². The quantitative estimate of drug-likeness (QED) is 0.403. The highest BCUT2D eigenvalue weighted by Crippen LogP contribution is 2.33. The lowest BCUT2D eigenvalue weighted by molar-refractivity contribution is -0.141. The van der Waals surface area contributed by atoms with Gasteiger partial charge in [0.15, 0.2) is 5.69 Å². The fourth-order valence-electron chi connectivity index (χ4n) is 2.92. The SMILES string of the molecule is CC(C)(C#N)NC(=O)c1cc(Cl)cc(Cl)c1NC(=O)c1cc(C(F)(F)F)nn1-c1ccccc1Cl. The van der Waals surface area contributed by atoms with Gasteiger partial charge < -0.3 is 10.6 Å². The topological polar surface area (TPSA) is 99.8 Å². The molecule has 1 aromatic heterocycles. The van der Waals surface area contributed by atoms with Crippen molar-refractivity contribution < 1.29 is 22.8 Å². The second kappa shape index (κ2) is 9.77. The Morgan fingerprint density at radius 1 is 1.03 bits per heavy atom. The van der Waals surface area contributed by atoms with Crippen molar-refractivity contribution in [2.75, 3.05) is 5.32 Å². The Kier molecular flexibility index (Phi) is 7.36. The fraction of sp³-hybridized carbons (Fsp3) is 0.182. The number of nitrogens with zero attached hydrogens (tertiary/aromatic N) is 3. The number of para-hydroxylation sites is 1. The second-order valence-corrected chi connectivity index (χ2v) is 8.98. The van der Waals surface area contributed by atoms with Crippen molar-refractivity contribution in [1.29, 1.82) is 5.26 Å². The molecule has 0 unspecified atom stereocenters. The molecule has 0 bridgehead atoms. The zero-order valence-corrected chi connectivity index (χ0v) is 20.2. The third-order valence-corrected chi connectivity index (χ3v) is 5.39. The van der Waals surface area contributed by atoms with Crippen molar-refractivity contribution >= 4 is 52.3 Å². The molecule has 1 heterocycles. The van der Waals surface area contributed by atoms with Crippen LogP contribution in [0.2, 0.25) is 15.1 Å². The molecule has 0 aliphatic heterocycles. The molecule has 2 aromatic carbocycles. The van der Waals surface area contributed by atoms with Crippen molar-refractivity contribution in [2.45, 2.75) is 25.6 Å². The molecular weight excluding hydrogens is 530 g/mol. The highest BCUT2D eigenvalue weighted by Gasteiger charge is 2.36. The summed E-state index contributed by atoms with van der Waals surface area (Å²) in [5.74, 6) is -1.86. The Hall–Kier alpha value is -3.26. The van der Waals surface area contributed by atoms with Crippen molar-refractivity contribution in [2.24, 2.45) is 0 Å². The van der Waals surface area contributed by atoms with Gasteiger partial charge in [0.2, 0.25) is 0 Å². The third-order valence-electron chi connectivity index (χ3n) is 4.56. The molecule has 3 rings (SSSR count). The number of nitriles is 1. The van der Waals surface area contributed by atoms with Gasteiger partial charge in [-0.3, -0.25) is 9.59 Å². The van der Waals surface area contributed by atoms with Crippen LogP contribution in [-0.2, 0) is 6.18 Å². The van der Waals surface area contributed by atoms with Crippen LogP contribution in [0.4, 0.5) is 18.9 Å². The van der Waals surface area contributed by atoms with E-state index in [4.69, 9.17) is 34.8 Å². The molecule has 182 valence electrons. The Balaban J connectivity index is 2.10. The van der Waals surface area contributed by atoms with E-state index in [-0.39, 0.29) is 32.0 Å². The lowest BCUT2D eigenvalue weighted by atomic mass is 10.1. The smallest absolute Gasteiger partial charge is 0.334 e. The molecule has 13 heteroatoms. The van der Waals surface area contributed by atoms with Crippen LogP contribution >= 0.6 is 34.8 Å². The van der Waals surface area contributed by atoms with E-state index >= 15 is 0 Å². The summed E-state index contributed by atoms with van der Waals surface area (Å²) in [6, 6.07) is 10.7. The zero-order chi connectivity index (χ0) is 26.1. The Morgan fingerprint density at radius 3 is 2.29 bits per heavy atom. The van der Waals surface area contributed by atoms with E-state index in [0.29, 0.717) is 6.07 Å². The predicted molar refractivity (Wildman–Crippen MR) is 125 cm³/mol. The second-order valence-electron chi connectivity index (χ2n) is 7.73. The molecular formula is C22H15Cl3F3N5O2. The molecule has 0 saturated heterocycles. The molecule has 0 atom stereocenters. The van der Waals surface area contributed by atoms with Gasteiger partial charge in [0.25, 0.3) is 11.8 Å². The highest BCUT2D eigenvalue weighted by atomic mass is 35.5. The van der Waals surface area contributed by atoms with Crippen LogP contribution in [-0.4, -0.2) is 27.1 Å². The number of halogens is 6. The third kappa shape index (κ3) is 5.88. The Bertz CT molecular complexity index is 1360. The average molecular weight is 545 g/mol. The number of rotatable bonds is 5. The Morgan fingerprint density at radius 2 is 1.69 bits per heavy atom. The van der Waals surface area contributed by atoms with Crippen LogP contribution in [0, 0.1) is 11.3 Å². The number of hydrogen-bond donors (Lipinski definition) is 2. The summed E-state index contributed by atoms with van der Waals surface area (Å²) in [4.78, 5) is 26.0. The van der Waals surface area contributed by atoms with Gasteiger partial charge in [-0.05, 0) is 38.1 Å². The fourth-order valence-corrected chi connectivity index (χ4v) is 3.68. The maximum atomic E-state index is 13.4. The molecule has 0 spiro atoms. The summed E-state index contributed by atoms with van der Waals surface area (Å²) in [6.45, 7) is 2.88. The van der Waals surface area contributed by atoms with Crippen LogP contribution in [0.15, 0.2) is 42.5 Å². The van der Waals surface area contributed by atoms with Crippen LogP contribution < -0.4 is 10.6 Å². The summed E-state index contributed by atoms with van der Waals surface area (Å²) in [5.41, 5.74) is -3.56. The van der Waals surface area contributed by atoms with E-state index in [1.54, 1.807) is 6.07 Å². The molecule has 0 fully saturated rings. The van der Waals surface area contributed by atoms with Crippen molar-refractivity contribution in [3.05, 3.63) is 74.5 Å². The molecule has 3 aromatic rings. The normalized spacial score (nSPS) is 11.6. The molecule has 0 radical (unpaired) electrons. The van der Waals surface area contributed by atoms with Gasteiger partial charge >= 0.3 is 6.18 Å². The minimum atomic E-state index is -4.85. The number of carbonyl (C=O) groups excluding carboxylic acids is 2. The summed E-state index contributed by atoms with van der Waals surface area (Å²) in [7, 11) is 0. The van der Waals surface area contributed by atoms with Crippen LogP contribution in [0.5, 0.6) is 0 Å². The summed E-state index contributed by atoms with van der Waals surface area (Å²) in [6.07, 6.45) is -4.85. The van der Waals surface area contributed by atoms with Gasteiger partial charge in [-0.2, -0.15) is 23.5 Å². The maximum Gasteiger partial charge on any atom is 0.435 e. The van der Waals surface area contributed by atoms with Crippen molar-refractivity contribution in [1.82, 2.24) is 15.1 Å². The number of anilines is 1. The first-order chi connectivity index (χ1) is 16.2. The van der Waals surface area contributed by atoms with Gasteiger partial charge in [-0.25, -0.2) is 4.68 Å². The predicted octanol–water partition coefficient (Wildman–Crippen LogP) is 6.14. The summed E-state index contributed by atoms with van der Waals surface area (Å²) < 4.78 is 40.9. The Labute approximate surface area is 212 Å². The maximum absolute atomic E-state index is 13.4. The van der Waals surface area contributed by atoms with E-state index in [2.05, 4.69) is 15.7 Å². The van der Waals surface area contributed by atoms with Gasteiger partial charge in [-0.15, -0.1) is 0 Å². The monoisotopic (exact) mass is 543 g/mol. The number of benzene rings is 2. The van der Waals surface area contributed by atoms with E-state index in [9.17, 15) is 28.0 Å². The average Bonchev–Trinajstić information content (AvgIpc) is 3.21. The van der Waals surface area contributed by atoms with Gasteiger partial charge in [-0.1, -0.05) is 46.9 Å². The van der Waals surface area contributed by atoms with Crippen molar-refractivity contribution in [3.63, 3.8) is 0 Å². The molecule has 0 aliphatic carbocycles. The number of alkyl halides is 3. The van der Waals surface area contributed by atoms with Crippen LogP contribution in [0.3, 0.4) is 0 Å². The first kappa shape index (κ1) is 26.3. The zero-order valence-electron chi connectivity index (χ0n) is 18.0. The first-order valence-electron chi connectivity index (χ1n) is 9.70. The van der Waals surface area contributed by atoms with E-state index in [1.807, 2.05) is 6.07 Å². The number of carbonyl (C=O) groups is 2. The molecule has 2 amide bonds. The van der Waals surface area contributed by atoms with Gasteiger partial charge in [0.1, 0.15) is 11.2 Å². The number of amides is 2. The number of nitrogens with one attached hydrogen (secondary N) is 2. The number of hydrogen-bond acceptors (Lipinski definition) is 4. The van der Waals surface area contributed by atoms with E-state index in [1.165, 1.54) is 44.2 Å². The molecule has 0 saturated carbocycles. The van der Waals surface area contributed by atoms with Crippen LogP contribution in [0.25, 0.3) is 5.69 Å². The summed E-state index contributed by atoms with van der Waals surface area (Å²) >= 11 is 18.3. The van der Waals surface area contributed by atoms with Gasteiger partial charge in [0.05, 0.1) is 33.1 Å². The molecule has 35 heavy (non-hydrogen) atoms. The van der Waals surface area contributed by atoms with E-state index < -0.39 is 34.9 Å². The molecule has 7 nitrogen and oxygen atoms in total. The molecule has 0 aliphatic rings. The lowest BCUT2D eigenvalue weighted by Crippen LogP contribution is -2.42. The highest BCUT2D eigenvalue weighted by molar-refractivity contribution is 6.38. The van der Waals surface area contributed by atoms with E-state index in [0.717, 1.165) is 4.68 Å². The van der Waals surface area contributed by atoms with Crippen molar-refractivity contribution in [3.8, 4) is 11.8 Å². The molecule has 2 N–H and O–H groups in total. The largest absolute Gasteiger partial charge is 0.435 e. The lowest BCUT2D eigenvalue weighted by Gasteiger charge is -2.20. The summed E-state index contributed by atoms with van der Waals surface area (Å²) in [5, 5.41) is 17.4.